The zero-order chi connectivity index (χ0) is 14.6. The van der Waals surface area contributed by atoms with Gasteiger partial charge in [0, 0.05) is 18.6 Å². The molecule has 0 amide bonds. The number of rotatable bonds is 3. The summed E-state index contributed by atoms with van der Waals surface area (Å²) in [5.74, 6) is 5.38. The van der Waals surface area contributed by atoms with Gasteiger partial charge < -0.3 is 0 Å². The van der Waals surface area contributed by atoms with Crippen molar-refractivity contribution in [3.05, 3.63) is 30.6 Å². The normalized spacial score (nSPS) is 8.68. The summed E-state index contributed by atoms with van der Waals surface area (Å²) in [5.41, 5.74) is 0. The molecule has 1 heterocycles. The summed E-state index contributed by atoms with van der Waals surface area (Å²) in [6, 6.07) is 6.17. The first-order valence-electron chi connectivity index (χ1n) is 5.92. The molecular formula is C13H14BN5. The van der Waals surface area contributed by atoms with Crippen LogP contribution in [0, 0.1) is 44.9 Å². The summed E-state index contributed by atoms with van der Waals surface area (Å²) >= 11 is 0. The zero-order valence-electron chi connectivity index (χ0n) is 10.8. The Morgan fingerprint density at radius 3 is 1.68 bits per heavy atom. The van der Waals surface area contributed by atoms with Crippen molar-refractivity contribution in [3.63, 3.8) is 0 Å². The third kappa shape index (κ3) is 5.87. The maximum atomic E-state index is 8.09. The Hall–Kier alpha value is -2.83. The van der Waals surface area contributed by atoms with Crippen molar-refractivity contribution >= 4 is 6.15 Å². The van der Waals surface area contributed by atoms with Crippen LogP contribution < -0.4 is 4.57 Å². The van der Waals surface area contributed by atoms with Crippen molar-refractivity contribution in [1.29, 1.82) is 21.0 Å². The van der Waals surface area contributed by atoms with Gasteiger partial charge in [0.2, 0.25) is 0 Å². The van der Waals surface area contributed by atoms with Crippen LogP contribution in [0.2, 0.25) is 0 Å². The first-order valence-corrected chi connectivity index (χ1v) is 5.92. The Morgan fingerprint density at radius 2 is 1.37 bits per heavy atom. The molecule has 0 radical (unpaired) electrons. The molecule has 0 aliphatic rings. The van der Waals surface area contributed by atoms with Gasteiger partial charge in [-0.3, -0.25) is 0 Å². The number of aromatic nitrogens is 1. The smallest absolute Gasteiger partial charge is 0.245 e. The van der Waals surface area contributed by atoms with Crippen molar-refractivity contribution in [2.45, 2.75) is 26.3 Å². The van der Waals surface area contributed by atoms with E-state index in [1.54, 1.807) is 0 Å². The number of unbranched alkanes of at least 4 members (excludes halogenated alkanes) is 1. The summed E-state index contributed by atoms with van der Waals surface area (Å²) in [6.07, 6.45) is 4.03. The average molecular weight is 251 g/mol. The van der Waals surface area contributed by atoms with E-state index in [1.807, 2.05) is 6.07 Å². The van der Waals surface area contributed by atoms with Crippen LogP contribution in [0.3, 0.4) is 0 Å². The van der Waals surface area contributed by atoms with Crippen LogP contribution in [0.15, 0.2) is 30.6 Å². The van der Waals surface area contributed by atoms with Gasteiger partial charge >= 0.3 is 6.15 Å². The highest BCUT2D eigenvalue weighted by Gasteiger charge is 2.22. The average Bonchev–Trinajstić information content (AvgIpc) is 2.50. The van der Waals surface area contributed by atoms with Crippen LogP contribution >= 0.6 is 0 Å². The Balaban J connectivity index is 0.000000344. The van der Waals surface area contributed by atoms with Crippen LogP contribution in [0.4, 0.5) is 0 Å². The number of nitrogens with zero attached hydrogens (tertiary/aromatic N) is 5. The summed E-state index contributed by atoms with van der Waals surface area (Å²) in [7, 11) is 0. The maximum absolute atomic E-state index is 8.09. The highest BCUT2D eigenvalue weighted by atomic mass is 14.9. The second-order valence-corrected chi connectivity index (χ2v) is 3.85. The SMILES string of the molecule is CCCC[n+]1ccccc1.N#C[B-](C#N)(C#N)C#N. The van der Waals surface area contributed by atoms with Gasteiger partial charge in [0.15, 0.2) is 12.4 Å². The van der Waals surface area contributed by atoms with Gasteiger partial charge in [-0.05, 0) is 0 Å². The van der Waals surface area contributed by atoms with Gasteiger partial charge in [-0.15, -0.1) is 23.9 Å². The molecule has 0 saturated heterocycles. The first-order chi connectivity index (χ1) is 9.17. The standard InChI is InChI=1S/C9H14N.C4BN4/c1-2-3-7-10-8-5-4-6-9-10;6-1-5(2-7,3-8)4-9/h4-6,8-9H,2-3,7H2,1H3;/q+1;-1. The quantitative estimate of drug-likeness (QED) is 0.599. The van der Waals surface area contributed by atoms with E-state index in [9.17, 15) is 0 Å². The second kappa shape index (κ2) is 9.23. The predicted molar refractivity (Wildman–Crippen MR) is 69.8 cm³/mol. The number of aryl methyl sites for hydroxylation is 1. The van der Waals surface area contributed by atoms with Gasteiger partial charge in [0.05, 0.1) is 0 Å². The fourth-order valence-corrected chi connectivity index (χ4v) is 1.10. The molecule has 1 aromatic heterocycles. The predicted octanol–water partition coefficient (Wildman–Crippen LogP) is 1.46. The van der Waals surface area contributed by atoms with Gasteiger partial charge in [0.1, 0.15) is 6.54 Å². The summed E-state index contributed by atoms with van der Waals surface area (Å²) < 4.78 is 2.21. The van der Waals surface area contributed by atoms with Gasteiger partial charge in [-0.2, -0.15) is 0 Å². The lowest BCUT2D eigenvalue weighted by Gasteiger charge is -1.98. The Kier molecular flexibility index (Phi) is 7.86. The lowest BCUT2D eigenvalue weighted by molar-refractivity contribution is -0.697. The fraction of sp³-hybridized carbons (Fsp3) is 0.308. The fourth-order valence-electron chi connectivity index (χ4n) is 1.10. The molecule has 0 aliphatic heterocycles. The Morgan fingerprint density at radius 1 is 0.895 bits per heavy atom. The molecule has 94 valence electrons. The summed E-state index contributed by atoms with van der Waals surface area (Å²) in [4.78, 5) is 0. The Bertz CT molecular complexity index is 480. The third-order valence-electron chi connectivity index (χ3n) is 2.32. The van der Waals surface area contributed by atoms with E-state index in [-0.39, 0.29) is 0 Å². The lowest BCUT2D eigenvalue weighted by Crippen LogP contribution is -2.31. The molecule has 0 spiro atoms. The largest absolute Gasteiger partial charge is 0.383 e. The van der Waals surface area contributed by atoms with E-state index < -0.39 is 6.15 Å². The highest BCUT2D eigenvalue weighted by molar-refractivity contribution is 7.05. The zero-order valence-corrected chi connectivity index (χ0v) is 10.8. The number of nitriles is 4. The molecule has 6 heteroatoms. The molecule has 0 N–H and O–H groups in total. The van der Waals surface area contributed by atoms with Crippen molar-refractivity contribution in [3.8, 4) is 23.9 Å². The van der Waals surface area contributed by atoms with Crippen LogP contribution in [0.5, 0.6) is 0 Å². The third-order valence-corrected chi connectivity index (χ3v) is 2.32. The minimum absolute atomic E-state index is 1.15. The van der Waals surface area contributed by atoms with Crippen LogP contribution in [-0.2, 0) is 6.54 Å². The molecule has 0 aliphatic carbocycles. The van der Waals surface area contributed by atoms with Crippen LogP contribution in [-0.4, -0.2) is 6.15 Å². The molecule has 0 atom stereocenters. The van der Waals surface area contributed by atoms with Crippen LogP contribution in [0.25, 0.3) is 0 Å². The molecular weight excluding hydrogens is 237 g/mol. The van der Waals surface area contributed by atoms with Crippen molar-refractivity contribution in [2.24, 2.45) is 0 Å². The van der Waals surface area contributed by atoms with Crippen LogP contribution in [0.1, 0.15) is 19.8 Å². The Labute approximate surface area is 113 Å². The number of hydrogen-bond donors (Lipinski definition) is 0. The molecule has 0 saturated carbocycles. The number of hydrogen-bond acceptors (Lipinski definition) is 4. The molecule has 5 nitrogen and oxygen atoms in total. The highest BCUT2D eigenvalue weighted by Crippen LogP contribution is 1.92. The van der Waals surface area contributed by atoms with Gasteiger partial charge in [-0.25, -0.2) is 25.6 Å². The summed E-state index contributed by atoms with van der Waals surface area (Å²) in [5, 5.41) is 32.3. The minimum atomic E-state index is -2.72. The molecule has 0 unspecified atom stereocenters. The maximum Gasteiger partial charge on any atom is 0.383 e. The van der Waals surface area contributed by atoms with E-state index in [4.69, 9.17) is 21.0 Å². The molecule has 1 rings (SSSR count). The lowest BCUT2D eigenvalue weighted by atomic mass is 9.30. The first kappa shape index (κ1) is 16.2. The van der Waals surface area contributed by atoms with E-state index in [0.29, 0.717) is 0 Å². The van der Waals surface area contributed by atoms with E-state index >= 15 is 0 Å². The molecule has 1 aromatic rings. The minimum Gasteiger partial charge on any atom is -0.245 e. The molecule has 19 heavy (non-hydrogen) atoms. The van der Waals surface area contributed by atoms with Crippen molar-refractivity contribution < 1.29 is 4.57 Å². The molecule has 0 aromatic carbocycles. The van der Waals surface area contributed by atoms with E-state index in [2.05, 4.69) is 36.0 Å². The topological polar surface area (TPSA) is 99.0 Å². The monoisotopic (exact) mass is 251 g/mol. The van der Waals surface area contributed by atoms with E-state index in [0.717, 1.165) is 6.54 Å². The van der Waals surface area contributed by atoms with E-state index in [1.165, 1.54) is 36.7 Å². The van der Waals surface area contributed by atoms with Gasteiger partial charge in [-0.1, -0.05) is 19.4 Å². The summed E-state index contributed by atoms with van der Waals surface area (Å²) in [6.45, 7) is 3.36. The second-order valence-electron chi connectivity index (χ2n) is 3.85. The van der Waals surface area contributed by atoms with Crippen molar-refractivity contribution in [1.82, 2.24) is 0 Å². The van der Waals surface area contributed by atoms with Crippen molar-refractivity contribution in [2.75, 3.05) is 0 Å². The van der Waals surface area contributed by atoms with Gasteiger partial charge in [0.25, 0.3) is 0 Å². The number of pyridine rings is 1. The molecule has 0 fully saturated rings. The molecule has 0 bridgehead atoms.